The molecule has 2 N–H and O–H groups in total. The molecule has 2 aliphatic heterocycles. The van der Waals surface area contributed by atoms with Crippen LogP contribution in [0.15, 0.2) is 56.9 Å². The highest BCUT2D eigenvalue weighted by Gasteiger charge is 2.22. The lowest BCUT2D eigenvalue weighted by Gasteiger charge is -2.07. The first-order valence-electron chi connectivity index (χ1n) is 12.0. The Bertz CT molecular complexity index is 1210. The van der Waals surface area contributed by atoms with E-state index in [1.807, 2.05) is 0 Å². The average Bonchev–Trinajstić information content (AvgIpc) is 3.61. The SMILES string of the molecule is c1cc2c(cc1C1=NCCN1)CC(CCCCc1cc3ccc(C4=NCCN4)cc3o1)C2. The molecular weight excluding hydrogens is 396 g/mol. The number of benzene rings is 2. The molecule has 3 aromatic rings. The van der Waals surface area contributed by atoms with E-state index in [1.54, 1.807) is 0 Å². The molecule has 0 saturated heterocycles. The molecule has 0 spiro atoms. The number of hydrogen-bond acceptors (Lipinski definition) is 5. The second-order valence-electron chi connectivity index (χ2n) is 9.28. The number of furan rings is 1. The third-order valence-electron chi connectivity index (χ3n) is 6.98. The molecule has 1 aliphatic carbocycles. The molecule has 0 amide bonds. The van der Waals surface area contributed by atoms with Crippen molar-refractivity contribution in [3.8, 4) is 0 Å². The van der Waals surface area contributed by atoms with E-state index in [0.29, 0.717) is 0 Å². The number of unbranched alkanes of at least 4 members (excludes halogenated alkanes) is 1. The van der Waals surface area contributed by atoms with Gasteiger partial charge in [-0.05, 0) is 60.9 Å². The Labute approximate surface area is 189 Å². The molecule has 0 bridgehead atoms. The second kappa shape index (κ2) is 8.45. The molecule has 0 radical (unpaired) electrons. The van der Waals surface area contributed by atoms with Crippen molar-refractivity contribution in [3.05, 3.63) is 70.5 Å². The molecule has 5 nitrogen and oxygen atoms in total. The largest absolute Gasteiger partial charge is 0.461 e. The molecule has 1 aromatic heterocycles. The van der Waals surface area contributed by atoms with Crippen molar-refractivity contribution in [2.24, 2.45) is 15.9 Å². The summed E-state index contributed by atoms with van der Waals surface area (Å²) in [4.78, 5) is 9.08. The zero-order valence-electron chi connectivity index (χ0n) is 18.5. The van der Waals surface area contributed by atoms with Crippen molar-refractivity contribution < 1.29 is 4.42 Å². The van der Waals surface area contributed by atoms with Crippen LogP contribution in [0.2, 0.25) is 0 Å². The fraction of sp³-hybridized carbons (Fsp3) is 0.407. The van der Waals surface area contributed by atoms with Crippen LogP contribution in [0, 0.1) is 5.92 Å². The topological polar surface area (TPSA) is 61.9 Å². The van der Waals surface area contributed by atoms with Crippen molar-refractivity contribution in [3.63, 3.8) is 0 Å². The molecule has 2 aromatic carbocycles. The van der Waals surface area contributed by atoms with E-state index in [4.69, 9.17) is 4.42 Å². The van der Waals surface area contributed by atoms with Gasteiger partial charge in [0.2, 0.25) is 0 Å². The third kappa shape index (κ3) is 3.92. The summed E-state index contributed by atoms with van der Waals surface area (Å²) in [5, 5.41) is 7.91. The molecular formula is C27H30N4O. The van der Waals surface area contributed by atoms with Crippen molar-refractivity contribution in [1.29, 1.82) is 0 Å². The van der Waals surface area contributed by atoms with Gasteiger partial charge in [-0.15, -0.1) is 0 Å². The molecule has 5 heteroatoms. The van der Waals surface area contributed by atoms with Gasteiger partial charge in [0.15, 0.2) is 0 Å². The van der Waals surface area contributed by atoms with Crippen LogP contribution in [0.1, 0.15) is 47.3 Å². The van der Waals surface area contributed by atoms with E-state index in [1.165, 1.54) is 54.2 Å². The minimum atomic E-state index is 0.775. The minimum absolute atomic E-state index is 0.775. The van der Waals surface area contributed by atoms with E-state index >= 15 is 0 Å². The Balaban J connectivity index is 1.02. The fourth-order valence-electron chi connectivity index (χ4n) is 5.33. The highest BCUT2D eigenvalue weighted by Crippen LogP contribution is 2.31. The van der Waals surface area contributed by atoms with Crippen LogP contribution in [0.5, 0.6) is 0 Å². The Morgan fingerprint density at radius 1 is 0.812 bits per heavy atom. The highest BCUT2D eigenvalue weighted by atomic mass is 16.3. The Morgan fingerprint density at radius 2 is 1.56 bits per heavy atom. The molecule has 6 rings (SSSR count). The van der Waals surface area contributed by atoms with Crippen molar-refractivity contribution in [2.75, 3.05) is 26.2 Å². The van der Waals surface area contributed by atoms with Crippen molar-refractivity contribution in [1.82, 2.24) is 10.6 Å². The predicted octanol–water partition coefficient (Wildman–Crippen LogP) is 4.26. The number of rotatable bonds is 7. The van der Waals surface area contributed by atoms with Gasteiger partial charge in [0, 0.05) is 36.0 Å². The molecule has 0 fully saturated rings. The number of aryl methyl sites for hydroxylation is 1. The molecule has 3 aliphatic rings. The number of amidine groups is 2. The lowest BCUT2D eigenvalue weighted by atomic mass is 9.98. The van der Waals surface area contributed by atoms with Crippen LogP contribution in [0.3, 0.4) is 0 Å². The lowest BCUT2D eigenvalue weighted by Crippen LogP contribution is -2.19. The molecule has 0 saturated carbocycles. The first-order chi connectivity index (χ1) is 15.8. The number of nitrogens with one attached hydrogen (secondary N) is 2. The number of fused-ring (bicyclic) bond motifs is 2. The summed E-state index contributed by atoms with van der Waals surface area (Å²) in [6.45, 7) is 3.65. The number of hydrogen-bond donors (Lipinski definition) is 2. The van der Waals surface area contributed by atoms with Gasteiger partial charge in [0.25, 0.3) is 0 Å². The van der Waals surface area contributed by atoms with Crippen LogP contribution in [-0.4, -0.2) is 37.9 Å². The van der Waals surface area contributed by atoms with E-state index in [0.717, 1.165) is 67.1 Å². The van der Waals surface area contributed by atoms with E-state index in [9.17, 15) is 0 Å². The van der Waals surface area contributed by atoms with Crippen LogP contribution < -0.4 is 10.6 Å². The minimum Gasteiger partial charge on any atom is -0.461 e. The number of nitrogens with zero attached hydrogens (tertiary/aromatic N) is 2. The molecule has 32 heavy (non-hydrogen) atoms. The van der Waals surface area contributed by atoms with Crippen LogP contribution in [0.4, 0.5) is 0 Å². The lowest BCUT2D eigenvalue weighted by molar-refractivity contribution is 0.467. The zero-order valence-corrected chi connectivity index (χ0v) is 18.5. The number of aliphatic imine (C=N–C) groups is 2. The summed E-state index contributed by atoms with van der Waals surface area (Å²) in [7, 11) is 0. The summed E-state index contributed by atoms with van der Waals surface area (Å²) in [5.74, 6) is 3.93. The van der Waals surface area contributed by atoms with Gasteiger partial charge >= 0.3 is 0 Å². The summed E-state index contributed by atoms with van der Waals surface area (Å²) in [5.41, 5.74) is 6.41. The van der Waals surface area contributed by atoms with Gasteiger partial charge in [-0.1, -0.05) is 30.7 Å². The van der Waals surface area contributed by atoms with Crippen LogP contribution in [0.25, 0.3) is 11.0 Å². The first kappa shape index (κ1) is 19.6. The van der Waals surface area contributed by atoms with Gasteiger partial charge < -0.3 is 15.1 Å². The third-order valence-corrected chi connectivity index (χ3v) is 6.98. The van der Waals surface area contributed by atoms with Crippen LogP contribution >= 0.6 is 0 Å². The van der Waals surface area contributed by atoms with E-state index in [-0.39, 0.29) is 0 Å². The summed E-state index contributed by atoms with van der Waals surface area (Å²) >= 11 is 0. The first-order valence-corrected chi connectivity index (χ1v) is 12.0. The smallest absolute Gasteiger partial charge is 0.135 e. The van der Waals surface area contributed by atoms with Crippen molar-refractivity contribution >= 4 is 22.6 Å². The fourth-order valence-corrected chi connectivity index (χ4v) is 5.33. The average molecular weight is 427 g/mol. The maximum atomic E-state index is 6.15. The highest BCUT2D eigenvalue weighted by molar-refractivity contribution is 6.02. The molecule has 3 heterocycles. The standard InChI is InChI=1S/C27H30N4O/c1(3-18-13-19-5-7-21(15-23(19)14-18)26-28-9-10-29-26)2-4-24-16-20-6-8-22(17-25(20)32-24)27-30-11-12-31-27/h5-8,15-18H,1-4,9-14H2,(H,28,29)(H,30,31). The predicted molar refractivity (Wildman–Crippen MR) is 130 cm³/mol. The molecule has 1 unspecified atom stereocenters. The maximum Gasteiger partial charge on any atom is 0.135 e. The summed E-state index contributed by atoms with van der Waals surface area (Å²) < 4.78 is 6.15. The van der Waals surface area contributed by atoms with Gasteiger partial charge in [0.05, 0.1) is 13.1 Å². The van der Waals surface area contributed by atoms with Gasteiger partial charge in [-0.2, -0.15) is 0 Å². The maximum absolute atomic E-state index is 6.15. The monoisotopic (exact) mass is 426 g/mol. The zero-order chi connectivity index (χ0) is 21.3. The molecule has 164 valence electrons. The summed E-state index contributed by atoms with van der Waals surface area (Å²) in [6, 6.07) is 15.5. The molecule has 1 atom stereocenters. The Hall–Kier alpha value is -3.08. The van der Waals surface area contributed by atoms with E-state index in [2.05, 4.69) is 63.1 Å². The van der Waals surface area contributed by atoms with E-state index < -0.39 is 0 Å². The second-order valence-corrected chi connectivity index (χ2v) is 9.28. The van der Waals surface area contributed by atoms with Gasteiger partial charge in [-0.25, -0.2) is 0 Å². The Kier molecular flexibility index (Phi) is 5.18. The van der Waals surface area contributed by atoms with Gasteiger partial charge in [-0.3, -0.25) is 9.98 Å². The normalized spacial score (nSPS) is 19.6. The van der Waals surface area contributed by atoms with Crippen LogP contribution in [-0.2, 0) is 19.3 Å². The van der Waals surface area contributed by atoms with Gasteiger partial charge in [0.1, 0.15) is 23.0 Å². The quantitative estimate of drug-likeness (QED) is 0.555. The Morgan fingerprint density at radius 3 is 2.34 bits per heavy atom. The summed E-state index contributed by atoms with van der Waals surface area (Å²) in [6.07, 6.45) is 7.17. The van der Waals surface area contributed by atoms with Crippen molar-refractivity contribution in [2.45, 2.75) is 38.5 Å².